The molecule has 0 saturated heterocycles. The van der Waals surface area contributed by atoms with Crippen molar-refractivity contribution in [2.24, 2.45) is 0 Å². The summed E-state index contributed by atoms with van der Waals surface area (Å²) in [6, 6.07) is 8.60. The quantitative estimate of drug-likeness (QED) is 0.844. The molecule has 0 aliphatic carbocycles. The van der Waals surface area contributed by atoms with Gasteiger partial charge in [0.25, 0.3) is 0 Å². The van der Waals surface area contributed by atoms with Gasteiger partial charge in [0.2, 0.25) is 0 Å². The lowest BCUT2D eigenvalue weighted by atomic mass is 10.2. The van der Waals surface area contributed by atoms with Crippen LogP contribution in [-0.2, 0) is 16.6 Å². The van der Waals surface area contributed by atoms with E-state index in [0.717, 1.165) is 6.42 Å². The number of rotatable bonds is 6. The van der Waals surface area contributed by atoms with E-state index >= 15 is 0 Å². The molecule has 96 valence electrons. The van der Waals surface area contributed by atoms with Crippen LogP contribution in [0.1, 0.15) is 31.4 Å². The van der Waals surface area contributed by atoms with E-state index in [-0.39, 0.29) is 5.25 Å². The maximum absolute atomic E-state index is 12.3. The van der Waals surface area contributed by atoms with E-state index in [9.17, 15) is 4.21 Å². The minimum atomic E-state index is -0.816. The fourth-order valence-electron chi connectivity index (χ4n) is 2.05. The van der Waals surface area contributed by atoms with Gasteiger partial charge < -0.3 is 5.32 Å². The van der Waals surface area contributed by atoms with Gasteiger partial charge in [0, 0.05) is 27.8 Å². The highest BCUT2D eigenvalue weighted by molar-refractivity contribution is 7.84. The Morgan fingerprint density at radius 2 is 2.12 bits per heavy atom. The van der Waals surface area contributed by atoms with Crippen molar-refractivity contribution in [2.75, 3.05) is 7.05 Å². The average Bonchev–Trinajstić information content (AvgIpc) is 2.30. The Labute approximate surface area is 107 Å². The Balaban J connectivity index is 2.65. The first kappa shape index (κ1) is 14.4. The van der Waals surface area contributed by atoms with Gasteiger partial charge in [-0.3, -0.25) is 4.21 Å². The van der Waals surface area contributed by atoms with Crippen LogP contribution in [0.15, 0.2) is 24.3 Å². The summed E-state index contributed by atoms with van der Waals surface area (Å²) in [5.74, 6) is 0.654. The maximum atomic E-state index is 12.3. The van der Waals surface area contributed by atoms with Crippen molar-refractivity contribution in [1.29, 1.82) is 0 Å². The second-order valence-corrected chi connectivity index (χ2v) is 6.32. The van der Waals surface area contributed by atoms with Crippen molar-refractivity contribution in [1.82, 2.24) is 5.32 Å². The van der Waals surface area contributed by atoms with Crippen molar-refractivity contribution >= 4 is 10.8 Å². The molecule has 3 atom stereocenters. The lowest BCUT2D eigenvalue weighted by Crippen LogP contribution is -2.38. The molecule has 0 bridgehead atoms. The Hall–Kier alpha value is -0.670. The van der Waals surface area contributed by atoms with Gasteiger partial charge in [0.05, 0.1) is 0 Å². The van der Waals surface area contributed by atoms with Gasteiger partial charge in [0.15, 0.2) is 0 Å². The van der Waals surface area contributed by atoms with Crippen molar-refractivity contribution in [3.63, 3.8) is 0 Å². The van der Waals surface area contributed by atoms with Crippen LogP contribution in [0.4, 0.5) is 0 Å². The maximum Gasteiger partial charge on any atom is 0.0489 e. The standard InChI is InChI=1S/C14H23NOS/c1-5-14(15-4)12(3)17(16)10-13-8-6-7-11(2)9-13/h6-9,12,14-15H,5,10H2,1-4H3. The molecule has 1 aromatic rings. The second kappa shape index (κ2) is 6.92. The van der Waals surface area contributed by atoms with E-state index in [4.69, 9.17) is 0 Å². The van der Waals surface area contributed by atoms with Crippen LogP contribution in [-0.4, -0.2) is 22.5 Å². The van der Waals surface area contributed by atoms with E-state index in [1.807, 2.05) is 13.1 Å². The highest BCUT2D eigenvalue weighted by Gasteiger charge is 2.19. The van der Waals surface area contributed by atoms with Crippen LogP contribution in [0.3, 0.4) is 0 Å². The summed E-state index contributed by atoms with van der Waals surface area (Å²) in [4.78, 5) is 0. The van der Waals surface area contributed by atoms with Crippen molar-refractivity contribution in [2.45, 2.75) is 44.2 Å². The minimum absolute atomic E-state index is 0.186. The molecule has 0 heterocycles. The summed E-state index contributed by atoms with van der Waals surface area (Å²) < 4.78 is 12.3. The zero-order chi connectivity index (χ0) is 12.8. The Kier molecular flexibility index (Phi) is 5.86. The molecular formula is C14H23NOS. The van der Waals surface area contributed by atoms with Gasteiger partial charge in [-0.2, -0.15) is 0 Å². The summed E-state index contributed by atoms with van der Waals surface area (Å²) in [6.07, 6.45) is 1.01. The fourth-order valence-corrected chi connectivity index (χ4v) is 3.52. The van der Waals surface area contributed by atoms with Crippen LogP contribution >= 0.6 is 0 Å². The fraction of sp³-hybridized carbons (Fsp3) is 0.571. The molecule has 1 N–H and O–H groups in total. The van der Waals surface area contributed by atoms with Gasteiger partial charge in [-0.15, -0.1) is 0 Å². The number of nitrogens with one attached hydrogen (secondary N) is 1. The number of hydrogen-bond donors (Lipinski definition) is 1. The molecule has 1 aromatic carbocycles. The summed E-state index contributed by atoms with van der Waals surface area (Å²) in [7, 11) is 1.12. The lowest BCUT2D eigenvalue weighted by molar-refractivity contribution is 0.529. The second-order valence-electron chi connectivity index (χ2n) is 4.52. The third-order valence-corrected chi connectivity index (χ3v) is 4.96. The minimum Gasteiger partial charge on any atom is -0.316 e. The number of hydrogen-bond acceptors (Lipinski definition) is 2. The smallest absolute Gasteiger partial charge is 0.0489 e. The molecule has 0 aromatic heterocycles. The molecule has 17 heavy (non-hydrogen) atoms. The van der Waals surface area contributed by atoms with Gasteiger partial charge >= 0.3 is 0 Å². The van der Waals surface area contributed by atoms with Crippen LogP contribution < -0.4 is 5.32 Å². The molecule has 0 radical (unpaired) electrons. The molecule has 0 spiro atoms. The van der Waals surface area contributed by atoms with E-state index in [1.165, 1.54) is 11.1 Å². The van der Waals surface area contributed by atoms with Gasteiger partial charge in [-0.05, 0) is 32.9 Å². The van der Waals surface area contributed by atoms with Crippen LogP contribution in [0.5, 0.6) is 0 Å². The lowest BCUT2D eigenvalue weighted by Gasteiger charge is -2.21. The normalized spacial score (nSPS) is 16.5. The molecule has 0 aliphatic rings. The van der Waals surface area contributed by atoms with Gasteiger partial charge in [-0.25, -0.2) is 0 Å². The zero-order valence-corrected chi connectivity index (χ0v) is 12.0. The van der Waals surface area contributed by atoms with E-state index in [0.29, 0.717) is 11.8 Å². The van der Waals surface area contributed by atoms with Crippen LogP contribution in [0.25, 0.3) is 0 Å². The molecular weight excluding hydrogens is 230 g/mol. The monoisotopic (exact) mass is 253 g/mol. The summed E-state index contributed by atoms with van der Waals surface area (Å²) in [5, 5.41) is 3.42. The van der Waals surface area contributed by atoms with E-state index in [2.05, 4.69) is 44.3 Å². The Morgan fingerprint density at radius 3 is 2.65 bits per heavy atom. The molecule has 1 rings (SSSR count). The number of benzene rings is 1. The highest BCUT2D eigenvalue weighted by Crippen LogP contribution is 2.13. The Bertz CT molecular complexity index is 374. The van der Waals surface area contributed by atoms with E-state index < -0.39 is 10.8 Å². The zero-order valence-electron chi connectivity index (χ0n) is 11.2. The first-order valence-corrected chi connectivity index (χ1v) is 7.56. The van der Waals surface area contributed by atoms with Crippen LogP contribution in [0.2, 0.25) is 0 Å². The van der Waals surface area contributed by atoms with Gasteiger partial charge in [0.1, 0.15) is 0 Å². The first-order valence-electron chi connectivity index (χ1n) is 6.18. The third kappa shape index (κ3) is 4.25. The topological polar surface area (TPSA) is 29.1 Å². The summed E-state index contributed by atoms with van der Waals surface area (Å²) >= 11 is 0. The summed E-state index contributed by atoms with van der Waals surface area (Å²) in [5.41, 5.74) is 2.40. The molecule has 0 aliphatic heterocycles. The largest absolute Gasteiger partial charge is 0.316 e. The average molecular weight is 253 g/mol. The SMILES string of the molecule is CCC(NC)C(C)S(=O)Cc1cccc(C)c1. The van der Waals surface area contributed by atoms with Crippen molar-refractivity contribution in [3.05, 3.63) is 35.4 Å². The number of aryl methyl sites for hydroxylation is 1. The third-order valence-electron chi connectivity index (χ3n) is 3.18. The molecule has 3 heteroatoms. The molecule has 0 saturated carbocycles. The highest BCUT2D eigenvalue weighted by atomic mass is 32.2. The van der Waals surface area contributed by atoms with Crippen molar-refractivity contribution in [3.8, 4) is 0 Å². The summed E-state index contributed by atoms with van der Waals surface area (Å²) in [6.45, 7) is 6.26. The Morgan fingerprint density at radius 1 is 1.41 bits per heavy atom. The molecule has 0 amide bonds. The van der Waals surface area contributed by atoms with Gasteiger partial charge in [-0.1, -0.05) is 36.8 Å². The molecule has 0 fully saturated rings. The molecule has 2 nitrogen and oxygen atoms in total. The van der Waals surface area contributed by atoms with Crippen molar-refractivity contribution < 1.29 is 4.21 Å². The predicted octanol–water partition coefficient (Wildman–Crippen LogP) is 2.63. The predicted molar refractivity (Wildman–Crippen MR) is 75.6 cm³/mol. The first-order chi connectivity index (χ1) is 8.08. The van der Waals surface area contributed by atoms with Crippen LogP contribution in [0, 0.1) is 6.92 Å². The molecule has 3 unspecified atom stereocenters. The van der Waals surface area contributed by atoms with E-state index in [1.54, 1.807) is 0 Å².